The van der Waals surface area contributed by atoms with E-state index in [1.54, 1.807) is 19.3 Å². The van der Waals surface area contributed by atoms with Crippen molar-refractivity contribution in [1.29, 1.82) is 0 Å². The molecule has 0 saturated carbocycles. The molecule has 0 aromatic heterocycles. The van der Waals surface area contributed by atoms with E-state index in [2.05, 4.69) is 0 Å². The molecule has 2 nitrogen and oxygen atoms in total. The topological polar surface area (TPSA) is 29.5 Å². The largest absolute Gasteiger partial charge is 0.496 e. The maximum atomic E-state index is 12.5. The van der Waals surface area contributed by atoms with Crippen molar-refractivity contribution >= 4 is 17.8 Å². The summed E-state index contributed by atoms with van der Waals surface area (Å²) in [4.78, 5) is 1.01. The van der Waals surface area contributed by atoms with Crippen molar-refractivity contribution in [3.05, 3.63) is 65.2 Å². The predicted molar refractivity (Wildman–Crippen MR) is 94.9 cm³/mol. The molecule has 25 heavy (non-hydrogen) atoms. The quantitative estimate of drug-likeness (QED) is 0.712. The Morgan fingerprint density at radius 1 is 1.16 bits per heavy atom. The molecular formula is C19H19F3O2S. The minimum atomic E-state index is -4.34. The van der Waals surface area contributed by atoms with Crippen LogP contribution < -0.4 is 4.74 Å². The molecule has 1 unspecified atom stereocenters. The van der Waals surface area contributed by atoms with Crippen molar-refractivity contribution in [2.24, 2.45) is 0 Å². The molecule has 0 aliphatic rings. The second-order valence-corrected chi connectivity index (χ2v) is 6.58. The number of methoxy groups -OCH3 is 1. The van der Waals surface area contributed by atoms with E-state index in [1.165, 1.54) is 23.9 Å². The van der Waals surface area contributed by atoms with E-state index < -0.39 is 17.8 Å². The van der Waals surface area contributed by atoms with Gasteiger partial charge in [0.05, 0.1) is 18.8 Å². The summed E-state index contributed by atoms with van der Waals surface area (Å²) in [5.41, 5.74) is 0.940. The summed E-state index contributed by atoms with van der Waals surface area (Å²) in [5.74, 6) is 1.26. The summed E-state index contributed by atoms with van der Waals surface area (Å²) in [5, 5.41) is 10.0. The summed E-state index contributed by atoms with van der Waals surface area (Å²) in [6.45, 7) is 1.95. The fraction of sp³-hybridized carbons (Fsp3) is 0.263. The molecule has 0 saturated heterocycles. The Morgan fingerprint density at radius 3 is 2.40 bits per heavy atom. The van der Waals surface area contributed by atoms with Crippen LogP contribution in [0.4, 0.5) is 13.2 Å². The first-order valence-electron chi connectivity index (χ1n) is 7.60. The number of benzene rings is 2. The highest BCUT2D eigenvalue weighted by Crippen LogP contribution is 2.29. The first kappa shape index (κ1) is 19.4. The van der Waals surface area contributed by atoms with Crippen molar-refractivity contribution in [2.75, 3.05) is 12.9 Å². The molecule has 1 N–H and O–H groups in total. The molecular weight excluding hydrogens is 349 g/mol. The van der Waals surface area contributed by atoms with Crippen LogP contribution >= 0.6 is 11.8 Å². The lowest BCUT2D eigenvalue weighted by Crippen LogP contribution is -2.05. The number of halogens is 3. The fourth-order valence-corrected chi connectivity index (χ4v) is 3.08. The first-order valence-corrected chi connectivity index (χ1v) is 8.59. The van der Waals surface area contributed by atoms with Gasteiger partial charge < -0.3 is 9.84 Å². The van der Waals surface area contributed by atoms with Crippen LogP contribution in [0.2, 0.25) is 0 Å². The number of aliphatic hydroxyl groups excluding tert-OH is 1. The minimum absolute atomic E-state index is 0.447. The van der Waals surface area contributed by atoms with Gasteiger partial charge in [0.1, 0.15) is 5.75 Å². The van der Waals surface area contributed by atoms with Gasteiger partial charge in [-0.3, -0.25) is 0 Å². The average molecular weight is 368 g/mol. The Balaban J connectivity index is 1.90. The molecule has 134 valence electrons. The number of alkyl halides is 3. The van der Waals surface area contributed by atoms with Crippen LogP contribution in [0.1, 0.15) is 16.7 Å². The van der Waals surface area contributed by atoms with Crippen LogP contribution in [-0.4, -0.2) is 24.1 Å². The highest BCUT2D eigenvalue weighted by Gasteiger charge is 2.29. The SMILES string of the molecule is COc1ccc(SCC(O)C=Cc2ccc(C(F)(F)F)cc2)cc1C. The lowest BCUT2D eigenvalue weighted by molar-refractivity contribution is -0.137. The minimum Gasteiger partial charge on any atom is -0.496 e. The molecule has 0 heterocycles. The first-order chi connectivity index (χ1) is 11.8. The summed E-state index contributed by atoms with van der Waals surface area (Å²) < 4.78 is 42.7. The normalized spacial score (nSPS) is 13.2. The van der Waals surface area contributed by atoms with E-state index in [1.807, 2.05) is 25.1 Å². The highest BCUT2D eigenvalue weighted by atomic mass is 32.2. The van der Waals surface area contributed by atoms with Gasteiger partial charge >= 0.3 is 6.18 Å². The molecule has 2 rings (SSSR count). The van der Waals surface area contributed by atoms with Crippen molar-refractivity contribution in [3.63, 3.8) is 0 Å². The van der Waals surface area contributed by atoms with Gasteiger partial charge in [0.15, 0.2) is 0 Å². The Labute approximate surface area is 149 Å². The molecule has 2 aromatic carbocycles. The molecule has 0 spiro atoms. The lowest BCUT2D eigenvalue weighted by Gasteiger charge is -2.09. The van der Waals surface area contributed by atoms with E-state index in [4.69, 9.17) is 4.74 Å². The van der Waals surface area contributed by atoms with Gasteiger partial charge in [-0.25, -0.2) is 0 Å². The van der Waals surface area contributed by atoms with Crippen molar-refractivity contribution < 1.29 is 23.0 Å². The Bertz CT molecular complexity index is 724. The number of aryl methyl sites for hydroxylation is 1. The third-order valence-electron chi connectivity index (χ3n) is 3.54. The van der Waals surface area contributed by atoms with Crippen LogP contribution in [0, 0.1) is 6.92 Å². The van der Waals surface area contributed by atoms with Crippen molar-refractivity contribution in [1.82, 2.24) is 0 Å². The molecule has 0 fully saturated rings. The third kappa shape index (κ3) is 5.83. The van der Waals surface area contributed by atoms with E-state index in [0.717, 1.165) is 28.3 Å². The van der Waals surface area contributed by atoms with Gasteiger partial charge in [0.25, 0.3) is 0 Å². The molecule has 0 aliphatic heterocycles. The number of thioether (sulfide) groups is 1. The average Bonchev–Trinajstić information content (AvgIpc) is 2.58. The number of hydrogen-bond acceptors (Lipinski definition) is 3. The number of rotatable bonds is 6. The van der Waals surface area contributed by atoms with E-state index in [9.17, 15) is 18.3 Å². The van der Waals surface area contributed by atoms with Gasteiger partial charge in [-0.1, -0.05) is 24.3 Å². The second-order valence-electron chi connectivity index (χ2n) is 5.49. The zero-order valence-electron chi connectivity index (χ0n) is 13.9. The molecule has 6 heteroatoms. The van der Waals surface area contributed by atoms with Crippen LogP contribution in [0.5, 0.6) is 5.75 Å². The Morgan fingerprint density at radius 2 is 1.84 bits per heavy atom. The van der Waals surface area contributed by atoms with E-state index >= 15 is 0 Å². The van der Waals surface area contributed by atoms with E-state index in [-0.39, 0.29) is 0 Å². The summed E-state index contributed by atoms with van der Waals surface area (Å²) in [6, 6.07) is 10.6. The van der Waals surface area contributed by atoms with Gasteiger partial charge in [0.2, 0.25) is 0 Å². The standard InChI is InChI=1S/C19H19F3O2S/c1-13-11-17(9-10-18(13)24-2)25-12-16(23)8-5-14-3-6-15(7-4-14)19(20,21)22/h3-11,16,23H,12H2,1-2H3. The van der Waals surface area contributed by atoms with Gasteiger partial charge in [-0.2, -0.15) is 13.2 Å². The Kier molecular flexibility index (Phi) is 6.56. The van der Waals surface area contributed by atoms with Crippen molar-refractivity contribution in [2.45, 2.75) is 24.1 Å². The number of hydrogen-bond donors (Lipinski definition) is 1. The van der Waals surface area contributed by atoms with Crippen LogP contribution in [0.25, 0.3) is 6.08 Å². The molecule has 0 aliphatic carbocycles. The zero-order valence-corrected chi connectivity index (χ0v) is 14.7. The third-order valence-corrected chi connectivity index (χ3v) is 4.63. The molecule has 1 atom stereocenters. The predicted octanol–water partition coefficient (Wildman–Crippen LogP) is 5.19. The van der Waals surface area contributed by atoms with Crippen molar-refractivity contribution in [3.8, 4) is 5.75 Å². The maximum absolute atomic E-state index is 12.5. The summed E-state index contributed by atoms with van der Waals surface area (Å²) >= 11 is 1.50. The van der Waals surface area contributed by atoms with Crippen LogP contribution in [0.15, 0.2) is 53.4 Å². The summed E-state index contributed by atoms with van der Waals surface area (Å²) in [6.07, 6.45) is -1.85. The van der Waals surface area contributed by atoms with Crippen LogP contribution in [0.3, 0.4) is 0 Å². The monoisotopic (exact) mass is 368 g/mol. The van der Waals surface area contributed by atoms with Gasteiger partial charge in [0, 0.05) is 10.6 Å². The number of ether oxygens (including phenoxy) is 1. The van der Waals surface area contributed by atoms with Gasteiger partial charge in [-0.15, -0.1) is 11.8 Å². The lowest BCUT2D eigenvalue weighted by atomic mass is 10.1. The highest BCUT2D eigenvalue weighted by molar-refractivity contribution is 7.99. The molecule has 0 bridgehead atoms. The smallest absolute Gasteiger partial charge is 0.416 e. The maximum Gasteiger partial charge on any atom is 0.416 e. The summed E-state index contributed by atoms with van der Waals surface area (Å²) in [7, 11) is 1.62. The second kappa shape index (κ2) is 8.45. The fourth-order valence-electron chi connectivity index (χ4n) is 2.18. The molecule has 2 aromatic rings. The van der Waals surface area contributed by atoms with E-state index in [0.29, 0.717) is 11.3 Å². The Hall–Kier alpha value is -1.92. The number of aliphatic hydroxyl groups is 1. The molecule has 0 amide bonds. The zero-order chi connectivity index (χ0) is 18.4. The van der Waals surface area contributed by atoms with Gasteiger partial charge in [-0.05, 0) is 48.4 Å². The molecule has 0 radical (unpaired) electrons. The van der Waals surface area contributed by atoms with Crippen LogP contribution in [-0.2, 0) is 6.18 Å².